The maximum Gasteiger partial charge on any atom is 0.282 e. The first-order chi connectivity index (χ1) is 6.65. The molecule has 1 rings (SSSR count). The molecule has 0 saturated heterocycles. The van der Waals surface area contributed by atoms with Crippen LogP contribution in [-0.4, -0.2) is 4.92 Å². The van der Waals surface area contributed by atoms with E-state index in [1.165, 1.54) is 6.07 Å². The number of nitro benzene ring substituents is 1. The van der Waals surface area contributed by atoms with Crippen molar-refractivity contribution in [2.24, 2.45) is 0 Å². The van der Waals surface area contributed by atoms with Gasteiger partial charge in [0.05, 0.1) is 15.9 Å². The van der Waals surface area contributed by atoms with Crippen LogP contribution in [0, 0.1) is 21.4 Å². The monoisotopic (exact) mass is 208 g/mol. The van der Waals surface area contributed by atoms with Crippen LogP contribution in [-0.2, 0) is 6.42 Å². The van der Waals surface area contributed by atoms with Crippen molar-refractivity contribution in [3.63, 3.8) is 0 Å². The van der Waals surface area contributed by atoms with Gasteiger partial charge in [0.15, 0.2) is 0 Å². The van der Waals surface area contributed by atoms with Gasteiger partial charge in [-0.2, -0.15) is 5.26 Å². The van der Waals surface area contributed by atoms with Gasteiger partial charge in [0, 0.05) is 12.5 Å². The summed E-state index contributed by atoms with van der Waals surface area (Å²) in [6.45, 7) is 0. The molecule has 0 amide bonds. The van der Waals surface area contributed by atoms with Crippen molar-refractivity contribution in [3.8, 4) is 6.07 Å². The molecule has 0 heterocycles. The second kappa shape index (κ2) is 4.63. The van der Waals surface area contributed by atoms with E-state index in [-0.39, 0.29) is 5.69 Å². The van der Waals surface area contributed by atoms with Gasteiger partial charge in [-0.3, -0.25) is 10.1 Å². The summed E-state index contributed by atoms with van der Waals surface area (Å²) in [5.41, 5.74) is 0.885. The molecule has 0 aliphatic rings. The Labute approximate surface area is 86.7 Å². The Morgan fingerprint density at radius 1 is 1.57 bits per heavy atom. The third-order valence-electron chi connectivity index (χ3n) is 1.76. The van der Waals surface area contributed by atoms with E-state index in [0.29, 0.717) is 17.7 Å². The van der Waals surface area contributed by atoms with Crippen LogP contribution in [0.4, 0.5) is 5.69 Å². The minimum atomic E-state index is -0.476. The van der Waals surface area contributed by atoms with Crippen molar-refractivity contribution in [2.45, 2.75) is 17.7 Å². The molecule has 0 aromatic heterocycles. The fourth-order valence-electron chi connectivity index (χ4n) is 1.08. The van der Waals surface area contributed by atoms with Crippen molar-refractivity contribution in [3.05, 3.63) is 33.9 Å². The molecule has 0 aliphatic carbocycles. The Bertz CT molecular complexity index is 398. The van der Waals surface area contributed by atoms with Crippen molar-refractivity contribution < 1.29 is 4.92 Å². The second-order valence-corrected chi connectivity index (χ2v) is 3.22. The van der Waals surface area contributed by atoms with Gasteiger partial charge >= 0.3 is 0 Å². The van der Waals surface area contributed by atoms with E-state index in [0.717, 1.165) is 5.56 Å². The molecule has 4 nitrogen and oxygen atoms in total. The lowest BCUT2D eigenvalue weighted by Gasteiger charge is -1.99. The van der Waals surface area contributed by atoms with Crippen molar-refractivity contribution in [2.75, 3.05) is 0 Å². The van der Waals surface area contributed by atoms with Gasteiger partial charge in [-0.1, -0.05) is 6.07 Å². The topological polar surface area (TPSA) is 66.9 Å². The second-order valence-electron chi connectivity index (χ2n) is 2.74. The number of hydrogen-bond acceptors (Lipinski definition) is 4. The Morgan fingerprint density at radius 3 is 2.79 bits per heavy atom. The predicted octanol–water partition coefficient (Wildman–Crippen LogP) is 2.34. The smallest absolute Gasteiger partial charge is 0.258 e. The lowest BCUT2D eigenvalue weighted by molar-refractivity contribution is -0.387. The maximum absolute atomic E-state index is 10.5. The van der Waals surface area contributed by atoms with Gasteiger partial charge < -0.3 is 0 Å². The lowest BCUT2D eigenvalue weighted by atomic mass is 10.1. The Balaban J connectivity index is 2.90. The van der Waals surface area contributed by atoms with Gasteiger partial charge in [-0.15, -0.1) is 12.6 Å². The fraction of sp³-hybridized carbons (Fsp3) is 0.222. The number of hydrogen-bond donors (Lipinski definition) is 1. The van der Waals surface area contributed by atoms with E-state index < -0.39 is 4.92 Å². The summed E-state index contributed by atoms with van der Waals surface area (Å²) in [6.07, 6.45) is 1.01. The summed E-state index contributed by atoms with van der Waals surface area (Å²) < 4.78 is 0. The van der Waals surface area contributed by atoms with Crippen LogP contribution in [0.15, 0.2) is 23.1 Å². The van der Waals surface area contributed by atoms with Gasteiger partial charge in [0.1, 0.15) is 0 Å². The molecule has 0 aliphatic heterocycles. The summed E-state index contributed by atoms with van der Waals surface area (Å²) in [4.78, 5) is 10.3. The molecule has 0 N–H and O–H groups in total. The largest absolute Gasteiger partial charge is 0.282 e. The Kier molecular flexibility index (Phi) is 3.48. The summed E-state index contributed by atoms with van der Waals surface area (Å²) in [6, 6.07) is 6.70. The van der Waals surface area contributed by atoms with Crippen LogP contribution in [0.25, 0.3) is 0 Å². The fourth-order valence-corrected chi connectivity index (χ4v) is 1.40. The first-order valence-electron chi connectivity index (χ1n) is 3.98. The van der Waals surface area contributed by atoms with Gasteiger partial charge in [0.2, 0.25) is 0 Å². The standard InChI is InChI=1S/C9H8N2O2S/c10-5-1-2-7-3-4-8(11(12)13)9(14)6-7/h3-4,6,14H,1-2H2. The third kappa shape index (κ3) is 2.47. The zero-order valence-electron chi connectivity index (χ0n) is 7.30. The SMILES string of the molecule is N#CCCc1ccc([N+](=O)[O-])c(S)c1. The number of thiol groups is 1. The Morgan fingerprint density at radius 2 is 2.29 bits per heavy atom. The van der Waals surface area contributed by atoms with Crippen molar-refractivity contribution in [1.29, 1.82) is 5.26 Å². The Hall–Kier alpha value is -1.54. The first kappa shape index (κ1) is 10.5. The van der Waals surface area contributed by atoms with Crippen LogP contribution >= 0.6 is 12.6 Å². The molecular weight excluding hydrogens is 200 g/mol. The highest BCUT2D eigenvalue weighted by Gasteiger charge is 2.10. The first-order valence-corrected chi connectivity index (χ1v) is 4.43. The van der Waals surface area contributed by atoms with Crippen LogP contribution < -0.4 is 0 Å². The molecule has 0 fully saturated rings. The highest BCUT2D eigenvalue weighted by Crippen LogP contribution is 2.23. The van der Waals surface area contributed by atoms with Crippen LogP contribution in [0.1, 0.15) is 12.0 Å². The number of rotatable bonds is 3. The molecule has 5 heteroatoms. The molecule has 0 radical (unpaired) electrons. The molecular formula is C9H8N2O2S. The van der Waals surface area contributed by atoms with E-state index >= 15 is 0 Å². The van der Waals surface area contributed by atoms with Gasteiger partial charge in [-0.05, 0) is 18.1 Å². The minimum Gasteiger partial charge on any atom is -0.258 e. The normalized spacial score (nSPS) is 9.43. The van der Waals surface area contributed by atoms with E-state index in [1.807, 2.05) is 6.07 Å². The molecule has 14 heavy (non-hydrogen) atoms. The summed E-state index contributed by atoms with van der Waals surface area (Å²) in [5, 5.41) is 18.8. The zero-order chi connectivity index (χ0) is 10.6. The third-order valence-corrected chi connectivity index (χ3v) is 2.12. The quantitative estimate of drug-likeness (QED) is 0.471. The summed E-state index contributed by atoms with van der Waals surface area (Å²) >= 11 is 4.00. The number of benzene rings is 1. The maximum atomic E-state index is 10.5. The van der Waals surface area contributed by atoms with Crippen molar-refractivity contribution >= 4 is 18.3 Å². The molecule has 0 spiro atoms. The van der Waals surface area contributed by atoms with Crippen LogP contribution in [0.3, 0.4) is 0 Å². The lowest BCUT2D eigenvalue weighted by Crippen LogP contribution is -1.91. The highest BCUT2D eigenvalue weighted by atomic mass is 32.1. The van der Waals surface area contributed by atoms with E-state index in [4.69, 9.17) is 5.26 Å². The molecule has 0 saturated carbocycles. The zero-order valence-corrected chi connectivity index (χ0v) is 8.20. The average molecular weight is 208 g/mol. The molecule has 0 unspecified atom stereocenters. The molecule has 0 atom stereocenters. The van der Waals surface area contributed by atoms with E-state index in [2.05, 4.69) is 12.6 Å². The predicted molar refractivity (Wildman–Crippen MR) is 54.3 cm³/mol. The molecule has 1 aromatic carbocycles. The van der Waals surface area contributed by atoms with Crippen LogP contribution in [0.5, 0.6) is 0 Å². The number of nitro groups is 1. The van der Waals surface area contributed by atoms with Crippen molar-refractivity contribution in [1.82, 2.24) is 0 Å². The molecule has 72 valence electrons. The van der Waals surface area contributed by atoms with Gasteiger partial charge in [-0.25, -0.2) is 0 Å². The number of nitriles is 1. The minimum absolute atomic E-state index is 0.00552. The average Bonchev–Trinajstić information content (AvgIpc) is 2.14. The number of nitrogens with zero attached hydrogens (tertiary/aromatic N) is 2. The molecule has 1 aromatic rings. The highest BCUT2D eigenvalue weighted by molar-refractivity contribution is 7.80. The number of aryl methyl sites for hydroxylation is 1. The van der Waals surface area contributed by atoms with E-state index in [1.54, 1.807) is 12.1 Å². The van der Waals surface area contributed by atoms with Gasteiger partial charge in [0.25, 0.3) is 5.69 Å². The molecule has 0 bridgehead atoms. The summed E-state index contributed by atoms with van der Waals surface area (Å²) in [7, 11) is 0. The van der Waals surface area contributed by atoms with E-state index in [9.17, 15) is 10.1 Å². The summed E-state index contributed by atoms with van der Waals surface area (Å²) in [5.74, 6) is 0. The van der Waals surface area contributed by atoms with Crippen LogP contribution in [0.2, 0.25) is 0 Å².